The Morgan fingerprint density at radius 1 is 1.19 bits per heavy atom. The van der Waals surface area contributed by atoms with Crippen molar-refractivity contribution in [3.8, 4) is 5.69 Å². The number of carbonyl (C=O) groups excluding carboxylic acids is 1. The number of nitrogens with one attached hydrogen (secondary N) is 2. The molecule has 2 aromatic carbocycles. The molecule has 1 unspecified atom stereocenters. The number of amides is 2. The van der Waals surface area contributed by atoms with Crippen molar-refractivity contribution in [1.82, 2.24) is 14.9 Å². The van der Waals surface area contributed by atoms with Gasteiger partial charge in [0.1, 0.15) is 6.33 Å². The number of nitrogens with zero attached hydrogens (tertiary/aromatic N) is 2. The van der Waals surface area contributed by atoms with Crippen molar-refractivity contribution < 1.29 is 9.53 Å². The molecule has 1 saturated heterocycles. The van der Waals surface area contributed by atoms with E-state index in [2.05, 4.69) is 15.6 Å². The molecule has 26 heavy (non-hydrogen) atoms. The smallest absolute Gasteiger partial charge is 0.319 e. The van der Waals surface area contributed by atoms with Crippen molar-refractivity contribution >= 4 is 22.8 Å². The summed E-state index contributed by atoms with van der Waals surface area (Å²) < 4.78 is 7.46. The van der Waals surface area contributed by atoms with Gasteiger partial charge in [-0.25, -0.2) is 9.78 Å². The van der Waals surface area contributed by atoms with Crippen LogP contribution in [-0.4, -0.2) is 35.3 Å². The third kappa shape index (κ3) is 3.70. The first-order valence-electron chi connectivity index (χ1n) is 8.95. The molecule has 2 amide bonds. The van der Waals surface area contributed by atoms with Crippen LogP contribution in [0.3, 0.4) is 0 Å². The zero-order valence-corrected chi connectivity index (χ0v) is 14.5. The summed E-state index contributed by atoms with van der Waals surface area (Å²) in [5.74, 6) is 0.409. The molecule has 0 aliphatic carbocycles. The van der Waals surface area contributed by atoms with Crippen molar-refractivity contribution in [3.05, 3.63) is 54.9 Å². The van der Waals surface area contributed by atoms with Crippen molar-refractivity contribution in [2.75, 3.05) is 25.1 Å². The minimum Gasteiger partial charge on any atom is -0.381 e. The lowest BCUT2D eigenvalue weighted by Crippen LogP contribution is -2.35. The van der Waals surface area contributed by atoms with Gasteiger partial charge in [0.15, 0.2) is 0 Å². The highest BCUT2D eigenvalue weighted by Crippen LogP contribution is 2.19. The van der Waals surface area contributed by atoms with E-state index in [1.165, 1.54) is 0 Å². The molecule has 1 aliphatic heterocycles. The van der Waals surface area contributed by atoms with Crippen LogP contribution in [0.5, 0.6) is 0 Å². The lowest BCUT2D eigenvalue weighted by atomic mass is 10.0. The topological polar surface area (TPSA) is 68.2 Å². The fraction of sp³-hybridized carbons (Fsp3) is 0.300. The summed E-state index contributed by atoms with van der Waals surface area (Å²) in [5, 5.41) is 5.80. The number of hydrogen-bond donors (Lipinski definition) is 2. The molecule has 3 aromatic rings. The molecule has 6 heteroatoms. The summed E-state index contributed by atoms with van der Waals surface area (Å²) in [6.45, 7) is 2.21. The molecule has 2 heterocycles. The third-order valence-corrected chi connectivity index (χ3v) is 4.66. The normalized spacial score (nSPS) is 17.2. The number of anilines is 1. The Morgan fingerprint density at radius 2 is 2.04 bits per heavy atom. The van der Waals surface area contributed by atoms with E-state index in [0.717, 1.165) is 48.5 Å². The number of carbonyl (C=O) groups is 1. The Labute approximate surface area is 152 Å². The van der Waals surface area contributed by atoms with E-state index < -0.39 is 0 Å². The van der Waals surface area contributed by atoms with E-state index in [1.807, 2.05) is 59.4 Å². The Balaban J connectivity index is 1.37. The van der Waals surface area contributed by atoms with Gasteiger partial charge in [0.25, 0.3) is 0 Å². The zero-order chi connectivity index (χ0) is 17.8. The van der Waals surface area contributed by atoms with Crippen molar-refractivity contribution in [2.24, 2.45) is 5.92 Å². The number of hydrogen-bond acceptors (Lipinski definition) is 3. The highest BCUT2D eigenvalue weighted by atomic mass is 16.5. The van der Waals surface area contributed by atoms with Crippen LogP contribution in [0, 0.1) is 5.92 Å². The summed E-state index contributed by atoms with van der Waals surface area (Å²) in [4.78, 5) is 16.5. The number of benzene rings is 2. The summed E-state index contributed by atoms with van der Waals surface area (Å²) in [5.41, 5.74) is 3.78. The highest BCUT2D eigenvalue weighted by molar-refractivity contribution is 5.89. The van der Waals surface area contributed by atoms with E-state index in [9.17, 15) is 4.79 Å². The van der Waals surface area contributed by atoms with Gasteiger partial charge in [-0.05, 0) is 55.2 Å². The standard InChI is InChI=1S/C20H22N4O2/c25-20(21-12-15-4-3-11-26-13-15)23-16-7-9-17(10-8-16)24-14-22-18-5-1-2-6-19(18)24/h1-2,5-10,14-15H,3-4,11-13H2,(H2,21,23,25). The summed E-state index contributed by atoms with van der Waals surface area (Å²) in [6, 6.07) is 15.6. The number of aromatic nitrogens is 2. The third-order valence-electron chi connectivity index (χ3n) is 4.66. The van der Waals surface area contributed by atoms with Gasteiger partial charge in [0.05, 0.1) is 17.6 Å². The van der Waals surface area contributed by atoms with Crippen LogP contribution in [-0.2, 0) is 4.74 Å². The molecule has 0 bridgehead atoms. The summed E-state index contributed by atoms with van der Waals surface area (Å²) in [6.07, 6.45) is 3.98. The van der Waals surface area contributed by atoms with Crippen LogP contribution >= 0.6 is 0 Å². The van der Waals surface area contributed by atoms with E-state index >= 15 is 0 Å². The van der Waals surface area contributed by atoms with Gasteiger partial charge in [-0.15, -0.1) is 0 Å². The Morgan fingerprint density at radius 3 is 2.85 bits per heavy atom. The number of imidazole rings is 1. The number of para-hydroxylation sites is 2. The van der Waals surface area contributed by atoms with Crippen LogP contribution in [0.4, 0.5) is 10.5 Å². The fourth-order valence-corrected chi connectivity index (χ4v) is 3.25. The maximum Gasteiger partial charge on any atom is 0.319 e. The lowest BCUT2D eigenvalue weighted by Gasteiger charge is -2.22. The molecule has 0 spiro atoms. The molecular formula is C20H22N4O2. The maximum absolute atomic E-state index is 12.1. The van der Waals surface area contributed by atoms with Gasteiger partial charge < -0.3 is 15.4 Å². The van der Waals surface area contributed by atoms with Gasteiger partial charge in [-0.3, -0.25) is 4.57 Å². The van der Waals surface area contributed by atoms with Gasteiger partial charge in [-0.2, -0.15) is 0 Å². The molecular weight excluding hydrogens is 328 g/mol. The zero-order valence-electron chi connectivity index (χ0n) is 14.5. The molecule has 1 fully saturated rings. The monoisotopic (exact) mass is 350 g/mol. The molecule has 2 N–H and O–H groups in total. The van der Waals surface area contributed by atoms with E-state index in [-0.39, 0.29) is 6.03 Å². The molecule has 0 saturated carbocycles. The van der Waals surface area contributed by atoms with Gasteiger partial charge >= 0.3 is 6.03 Å². The highest BCUT2D eigenvalue weighted by Gasteiger charge is 2.14. The average molecular weight is 350 g/mol. The molecule has 0 radical (unpaired) electrons. The minimum absolute atomic E-state index is 0.184. The molecule has 6 nitrogen and oxygen atoms in total. The second kappa shape index (κ2) is 7.58. The number of rotatable bonds is 4. The number of fused-ring (bicyclic) bond motifs is 1. The van der Waals surface area contributed by atoms with Crippen molar-refractivity contribution in [1.29, 1.82) is 0 Å². The molecule has 4 rings (SSSR count). The van der Waals surface area contributed by atoms with E-state index in [1.54, 1.807) is 0 Å². The molecule has 134 valence electrons. The second-order valence-electron chi connectivity index (χ2n) is 6.57. The summed E-state index contributed by atoms with van der Waals surface area (Å²) >= 11 is 0. The molecule has 1 aromatic heterocycles. The minimum atomic E-state index is -0.184. The van der Waals surface area contributed by atoms with Crippen LogP contribution in [0.15, 0.2) is 54.9 Å². The first-order valence-corrected chi connectivity index (χ1v) is 8.95. The van der Waals surface area contributed by atoms with Gasteiger partial charge in [0.2, 0.25) is 0 Å². The quantitative estimate of drug-likeness (QED) is 0.756. The largest absolute Gasteiger partial charge is 0.381 e. The van der Waals surface area contributed by atoms with Gasteiger partial charge in [0, 0.05) is 24.5 Å². The molecule has 1 aliphatic rings. The summed E-state index contributed by atoms with van der Waals surface area (Å²) in [7, 11) is 0. The van der Waals surface area contributed by atoms with Crippen molar-refractivity contribution in [3.63, 3.8) is 0 Å². The van der Waals surface area contributed by atoms with Crippen molar-refractivity contribution in [2.45, 2.75) is 12.8 Å². The van der Waals surface area contributed by atoms with Crippen LogP contribution in [0.25, 0.3) is 16.7 Å². The Hall–Kier alpha value is -2.86. The first kappa shape index (κ1) is 16.6. The van der Waals surface area contributed by atoms with Crippen LogP contribution in [0.2, 0.25) is 0 Å². The number of ether oxygens (including phenoxy) is 1. The van der Waals surface area contributed by atoms with E-state index in [4.69, 9.17) is 4.74 Å². The Bertz CT molecular complexity index is 882. The van der Waals surface area contributed by atoms with E-state index in [0.29, 0.717) is 12.5 Å². The average Bonchev–Trinajstić information content (AvgIpc) is 3.12. The van der Waals surface area contributed by atoms with Crippen LogP contribution in [0.1, 0.15) is 12.8 Å². The number of urea groups is 1. The Kier molecular flexibility index (Phi) is 4.84. The fourth-order valence-electron chi connectivity index (χ4n) is 3.25. The SMILES string of the molecule is O=C(NCC1CCCOC1)Nc1ccc(-n2cnc3ccccc32)cc1. The first-order chi connectivity index (χ1) is 12.8. The van der Waals surface area contributed by atoms with Gasteiger partial charge in [-0.1, -0.05) is 12.1 Å². The van der Waals surface area contributed by atoms with Crippen LogP contribution < -0.4 is 10.6 Å². The molecule has 1 atom stereocenters. The lowest BCUT2D eigenvalue weighted by molar-refractivity contribution is 0.0559. The second-order valence-corrected chi connectivity index (χ2v) is 6.57. The maximum atomic E-state index is 12.1. The predicted molar refractivity (Wildman–Crippen MR) is 102 cm³/mol. The predicted octanol–water partition coefficient (Wildman–Crippen LogP) is 3.57.